The van der Waals surface area contributed by atoms with E-state index in [1.165, 1.54) is 0 Å². The van der Waals surface area contributed by atoms with Crippen LogP contribution < -0.4 is 11.1 Å². The second kappa shape index (κ2) is 4.67. The first-order valence-corrected chi connectivity index (χ1v) is 5.71. The Balaban J connectivity index is 2.16. The Bertz CT molecular complexity index is 533. The molecule has 0 saturated heterocycles. The first kappa shape index (κ1) is 11.8. The van der Waals surface area contributed by atoms with Gasteiger partial charge in [-0.2, -0.15) is 5.10 Å². The van der Waals surface area contributed by atoms with Gasteiger partial charge in [-0.3, -0.25) is 4.68 Å². The second-order valence-electron chi connectivity index (χ2n) is 4.01. The van der Waals surface area contributed by atoms with Crippen LogP contribution in [0.4, 0.5) is 11.4 Å². The van der Waals surface area contributed by atoms with E-state index in [2.05, 4.69) is 10.4 Å². The summed E-state index contributed by atoms with van der Waals surface area (Å²) in [5.74, 6) is 0. The monoisotopic (exact) mass is 250 g/mol. The number of nitrogens with one attached hydrogen (secondary N) is 1. The quantitative estimate of drug-likeness (QED) is 0.824. The lowest BCUT2D eigenvalue weighted by molar-refractivity contribution is 0.767. The van der Waals surface area contributed by atoms with Crippen LogP contribution in [-0.2, 0) is 13.6 Å². The van der Waals surface area contributed by atoms with E-state index in [0.29, 0.717) is 17.3 Å². The number of anilines is 2. The zero-order chi connectivity index (χ0) is 12.4. The van der Waals surface area contributed by atoms with Crippen molar-refractivity contribution in [2.45, 2.75) is 13.5 Å². The van der Waals surface area contributed by atoms with Crippen LogP contribution >= 0.6 is 11.6 Å². The molecule has 17 heavy (non-hydrogen) atoms. The van der Waals surface area contributed by atoms with E-state index < -0.39 is 0 Å². The Hall–Kier alpha value is -1.68. The van der Waals surface area contributed by atoms with Crippen molar-refractivity contribution in [1.82, 2.24) is 9.78 Å². The minimum Gasteiger partial charge on any atom is -0.397 e. The van der Waals surface area contributed by atoms with Gasteiger partial charge in [-0.1, -0.05) is 11.6 Å². The largest absolute Gasteiger partial charge is 0.397 e. The van der Waals surface area contributed by atoms with Crippen molar-refractivity contribution in [2.75, 3.05) is 11.1 Å². The van der Waals surface area contributed by atoms with Crippen molar-refractivity contribution in [3.8, 4) is 0 Å². The first-order chi connectivity index (χ1) is 8.08. The van der Waals surface area contributed by atoms with Gasteiger partial charge in [0.2, 0.25) is 0 Å². The SMILES string of the molecule is Cc1c(Cl)ccc(N)c1NCc1cnn(C)c1. The zero-order valence-electron chi connectivity index (χ0n) is 9.87. The van der Waals surface area contributed by atoms with Crippen LogP contribution in [0.5, 0.6) is 0 Å². The fourth-order valence-electron chi connectivity index (χ4n) is 1.70. The Morgan fingerprint density at radius 2 is 2.24 bits per heavy atom. The number of rotatable bonds is 3. The molecule has 0 aliphatic rings. The normalized spacial score (nSPS) is 10.5. The molecule has 0 unspecified atom stereocenters. The van der Waals surface area contributed by atoms with E-state index in [1.54, 1.807) is 10.7 Å². The number of nitrogens with two attached hydrogens (primary N) is 1. The number of aryl methyl sites for hydroxylation is 1. The lowest BCUT2D eigenvalue weighted by atomic mass is 10.1. The highest BCUT2D eigenvalue weighted by Crippen LogP contribution is 2.29. The summed E-state index contributed by atoms with van der Waals surface area (Å²) in [5.41, 5.74) is 9.58. The molecule has 0 amide bonds. The highest BCUT2D eigenvalue weighted by Gasteiger charge is 2.06. The summed E-state index contributed by atoms with van der Waals surface area (Å²) in [6.07, 6.45) is 3.78. The molecule has 0 atom stereocenters. The number of benzene rings is 1. The zero-order valence-corrected chi connectivity index (χ0v) is 10.6. The molecule has 0 aliphatic heterocycles. The molecule has 90 valence electrons. The maximum atomic E-state index is 6.06. The molecule has 0 bridgehead atoms. The average molecular weight is 251 g/mol. The van der Waals surface area contributed by atoms with Crippen LogP contribution in [0.25, 0.3) is 0 Å². The molecule has 3 N–H and O–H groups in total. The Kier molecular flexibility index (Phi) is 3.24. The summed E-state index contributed by atoms with van der Waals surface area (Å²) >= 11 is 6.06. The molecular formula is C12H15ClN4. The number of nitrogens with zero attached hydrogens (tertiary/aromatic N) is 2. The lowest BCUT2D eigenvalue weighted by Crippen LogP contribution is -2.04. The average Bonchev–Trinajstić information content (AvgIpc) is 2.70. The van der Waals surface area contributed by atoms with Crippen molar-refractivity contribution >= 4 is 23.0 Å². The molecule has 0 spiro atoms. The van der Waals surface area contributed by atoms with E-state index in [-0.39, 0.29) is 0 Å². The van der Waals surface area contributed by atoms with Gasteiger partial charge in [-0.15, -0.1) is 0 Å². The molecule has 1 aromatic heterocycles. The maximum absolute atomic E-state index is 6.06. The molecule has 1 heterocycles. The summed E-state index contributed by atoms with van der Waals surface area (Å²) in [4.78, 5) is 0. The molecule has 0 aliphatic carbocycles. The standard InChI is InChI=1S/C12H15ClN4/c1-8-10(13)3-4-11(14)12(8)15-5-9-6-16-17(2)7-9/h3-4,6-7,15H,5,14H2,1-2H3. The van der Waals surface area contributed by atoms with E-state index in [0.717, 1.165) is 16.8 Å². The third kappa shape index (κ3) is 2.53. The van der Waals surface area contributed by atoms with Crippen molar-refractivity contribution in [3.05, 3.63) is 40.7 Å². The molecule has 0 fully saturated rings. The lowest BCUT2D eigenvalue weighted by Gasteiger charge is -2.12. The molecule has 0 saturated carbocycles. The fraction of sp³-hybridized carbons (Fsp3) is 0.250. The van der Waals surface area contributed by atoms with Crippen LogP contribution in [0.1, 0.15) is 11.1 Å². The van der Waals surface area contributed by atoms with Gasteiger partial charge in [0.05, 0.1) is 17.6 Å². The van der Waals surface area contributed by atoms with Crippen molar-refractivity contribution < 1.29 is 0 Å². The Morgan fingerprint density at radius 1 is 1.47 bits per heavy atom. The summed E-state index contributed by atoms with van der Waals surface area (Å²) in [6, 6.07) is 3.61. The van der Waals surface area contributed by atoms with Gasteiger partial charge in [0, 0.05) is 30.4 Å². The predicted octanol–water partition coefficient (Wildman–Crippen LogP) is 2.58. The summed E-state index contributed by atoms with van der Waals surface area (Å²) in [5, 5.41) is 8.12. The summed E-state index contributed by atoms with van der Waals surface area (Å²) in [7, 11) is 1.89. The van der Waals surface area contributed by atoms with Crippen molar-refractivity contribution in [1.29, 1.82) is 0 Å². The van der Waals surface area contributed by atoms with Crippen molar-refractivity contribution in [3.63, 3.8) is 0 Å². The van der Waals surface area contributed by atoms with Crippen LogP contribution in [-0.4, -0.2) is 9.78 Å². The molecule has 2 aromatic rings. The topological polar surface area (TPSA) is 55.9 Å². The maximum Gasteiger partial charge on any atom is 0.0621 e. The molecule has 0 radical (unpaired) electrons. The first-order valence-electron chi connectivity index (χ1n) is 5.34. The smallest absolute Gasteiger partial charge is 0.0621 e. The third-order valence-electron chi connectivity index (χ3n) is 2.66. The van der Waals surface area contributed by atoms with Crippen LogP contribution in [0.3, 0.4) is 0 Å². The van der Waals surface area contributed by atoms with E-state index >= 15 is 0 Å². The van der Waals surface area contributed by atoms with E-state index in [4.69, 9.17) is 17.3 Å². The van der Waals surface area contributed by atoms with Gasteiger partial charge in [0.1, 0.15) is 0 Å². The molecule has 5 heteroatoms. The highest BCUT2D eigenvalue weighted by molar-refractivity contribution is 6.31. The van der Waals surface area contributed by atoms with Gasteiger partial charge in [0.25, 0.3) is 0 Å². The third-order valence-corrected chi connectivity index (χ3v) is 3.07. The fourth-order valence-corrected chi connectivity index (χ4v) is 1.85. The minimum atomic E-state index is 0.680. The summed E-state index contributed by atoms with van der Waals surface area (Å²) in [6.45, 7) is 2.63. The number of hydrogen-bond donors (Lipinski definition) is 2. The van der Waals surface area contributed by atoms with Gasteiger partial charge in [-0.05, 0) is 24.6 Å². The molecule has 4 nitrogen and oxygen atoms in total. The van der Waals surface area contributed by atoms with Crippen LogP contribution in [0.2, 0.25) is 5.02 Å². The minimum absolute atomic E-state index is 0.680. The Morgan fingerprint density at radius 3 is 2.88 bits per heavy atom. The number of hydrogen-bond acceptors (Lipinski definition) is 3. The summed E-state index contributed by atoms with van der Waals surface area (Å²) < 4.78 is 1.77. The number of aromatic nitrogens is 2. The highest BCUT2D eigenvalue weighted by atomic mass is 35.5. The Labute approximate surface area is 105 Å². The molecule has 2 rings (SSSR count). The van der Waals surface area contributed by atoms with Gasteiger partial charge < -0.3 is 11.1 Å². The van der Waals surface area contributed by atoms with Crippen LogP contribution in [0, 0.1) is 6.92 Å². The second-order valence-corrected chi connectivity index (χ2v) is 4.42. The van der Waals surface area contributed by atoms with Gasteiger partial charge in [-0.25, -0.2) is 0 Å². The van der Waals surface area contributed by atoms with E-state index in [1.807, 2.05) is 32.4 Å². The van der Waals surface area contributed by atoms with E-state index in [9.17, 15) is 0 Å². The number of nitrogen functional groups attached to an aromatic ring is 1. The van der Waals surface area contributed by atoms with Crippen molar-refractivity contribution in [2.24, 2.45) is 7.05 Å². The number of halogens is 1. The molecule has 1 aromatic carbocycles. The predicted molar refractivity (Wildman–Crippen MR) is 71.1 cm³/mol. The van der Waals surface area contributed by atoms with Gasteiger partial charge in [0.15, 0.2) is 0 Å². The van der Waals surface area contributed by atoms with Gasteiger partial charge >= 0.3 is 0 Å². The molecular weight excluding hydrogens is 236 g/mol. The van der Waals surface area contributed by atoms with Crippen LogP contribution in [0.15, 0.2) is 24.5 Å².